The van der Waals surface area contributed by atoms with Crippen molar-refractivity contribution >= 4 is 17.9 Å². The van der Waals surface area contributed by atoms with E-state index in [0.717, 1.165) is 4.90 Å². The van der Waals surface area contributed by atoms with E-state index in [1.807, 2.05) is 13.8 Å². The first kappa shape index (κ1) is 16.2. The van der Waals surface area contributed by atoms with Crippen LogP contribution in [0.1, 0.15) is 27.7 Å². The maximum Gasteiger partial charge on any atom is 0.326 e. The molecule has 0 aromatic rings. The van der Waals surface area contributed by atoms with Crippen LogP contribution >= 0.6 is 0 Å². The average molecular weight is 259 g/mol. The molecule has 0 aliphatic heterocycles. The molecule has 0 radical (unpaired) electrons. The van der Waals surface area contributed by atoms with Crippen molar-refractivity contribution in [1.82, 2.24) is 15.5 Å². The second kappa shape index (κ2) is 6.83. The molecule has 0 saturated heterocycles. The van der Waals surface area contributed by atoms with Crippen molar-refractivity contribution in [2.75, 3.05) is 7.05 Å². The monoisotopic (exact) mass is 259 g/mol. The second-order valence-electron chi connectivity index (χ2n) is 4.46. The van der Waals surface area contributed by atoms with E-state index < -0.39 is 24.1 Å². The number of carboxylic acids is 1. The predicted octanol–water partition coefficient (Wildman–Crippen LogP) is 0.0140. The van der Waals surface area contributed by atoms with Crippen molar-refractivity contribution in [3.8, 4) is 0 Å². The molecular formula is C11H21N3O4. The number of carbonyl (C=O) groups is 3. The van der Waals surface area contributed by atoms with Gasteiger partial charge in [0.25, 0.3) is 0 Å². The number of carboxylic acid groups (broad SMARTS) is 1. The summed E-state index contributed by atoms with van der Waals surface area (Å²) in [7, 11) is 1.36. The van der Waals surface area contributed by atoms with Gasteiger partial charge in [0.1, 0.15) is 12.1 Å². The number of carbonyl (C=O) groups excluding carboxylic acids is 2. The number of amides is 3. The van der Waals surface area contributed by atoms with Gasteiger partial charge in [-0.05, 0) is 27.7 Å². The lowest BCUT2D eigenvalue weighted by atomic mass is 10.2. The Kier molecular flexibility index (Phi) is 6.15. The Morgan fingerprint density at radius 1 is 1.06 bits per heavy atom. The molecule has 3 N–H and O–H groups in total. The number of aliphatic carboxylic acids is 1. The highest BCUT2D eigenvalue weighted by atomic mass is 16.4. The zero-order valence-corrected chi connectivity index (χ0v) is 11.4. The molecule has 0 saturated carbocycles. The minimum atomic E-state index is -1.10. The van der Waals surface area contributed by atoms with Crippen molar-refractivity contribution in [2.24, 2.45) is 0 Å². The lowest BCUT2D eigenvalue weighted by Crippen LogP contribution is -2.52. The smallest absolute Gasteiger partial charge is 0.326 e. The molecule has 7 heteroatoms. The first-order chi connectivity index (χ1) is 8.16. The van der Waals surface area contributed by atoms with Gasteiger partial charge >= 0.3 is 12.0 Å². The molecule has 0 bridgehead atoms. The zero-order chi connectivity index (χ0) is 14.5. The fourth-order valence-electron chi connectivity index (χ4n) is 1.10. The van der Waals surface area contributed by atoms with Crippen molar-refractivity contribution in [3.05, 3.63) is 0 Å². The molecular weight excluding hydrogens is 238 g/mol. The summed E-state index contributed by atoms with van der Waals surface area (Å²) in [5.74, 6) is -1.42. The number of urea groups is 1. The van der Waals surface area contributed by atoms with Crippen LogP contribution in [0.5, 0.6) is 0 Å². The van der Waals surface area contributed by atoms with Gasteiger partial charge in [0.2, 0.25) is 5.91 Å². The van der Waals surface area contributed by atoms with Crippen LogP contribution < -0.4 is 10.6 Å². The molecule has 0 spiro atoms. The van der Waals surface area contributed by atoms with Gasteiger partial charge in [-0.1, -0.05) is 0 Å². The quantitative estimate of drug-likeness (QED) is 0.648. The minimum Gasteiger partial charge on any atom is -0.480 e. The summed E-state index contributed by atoms with van der Waals surface area (Å²) in [5, 5.41) is 13.8. The van der Waals surface area contributed by atoms with Crippen molar-refractivity contribution in [2.45, 2.75) is 45.8 Å². The molecule has 2 atom stereocenters. The topological polar surface area (TPSA) is 98.7 Å². The molecule has 0 heterocycles. The van der Waals surface area contributed by atoms with Crippen LogP contribution in [-0.4, -0.2) is 53.1 Å². The molecule has 3 amide bonds. The molecule has 0 aromatic carbocycles. The van der Waals surface area contributed by atoms with E-state index in [4.69, 9.17) is 5.11 Å². The Morgan fingerprint density at radius 3 is 1.94 bits per heavy atom. The molecule has 0 aromatic heterocycles. The highest BCUT2D eigenvalue weighted by Crippen LogP contribution is 1.97. The van der Waals surface area contributed by atoms with Gasteiger partial charge in [-0.3, -0.25) is 4.79 Å². The summed E-state index contributed by atoms with van der Waals surface area (Å²) < 4.78 is 0. The minimum absolute atomic E-state index is 0.0208. The third-order valence-electron chi connectivity index (χ3n) is 2.42. The van der Waals surface area contributed by atoms with Crippen LogP contribution in [0.2, 0.25) is 0 Å². The summed E-state index contributed by atoms with van der Waals surface area (Å²) in [6.07, 6.45) is 0. The maximum atomic E-state index is 11.7. The molecule has 0 aliphatic rings. The predicted molar refractivity (Wildman–Crippen MR) is 66.1 cm³/mol. The molecule has 0 fully saturated rings. The van der Waals surface area contributed by atoms with Crippen molar-refractivity contribution < 1.29 is 19.5 Å². The first-order valence-electron chi connectivity index (χ1n) is 5.73. The van der Waals surface area contributed by atoms with Crippen LogP contribution in [0, 0.1) is 0 Å². The highest BCUT2D eigenvalue weighted by Gasteiger charge is 2.24. The van der Waals surface area contributed by atoms with Crippen LogP contribution in [0.25, 0.3) is 0 Å². The van der Waals surface area contributed by atoms with E-state index in [2.05, 4.69) is 10.6 Å². The second-order valence-corrected chi connectivity index (χ2v) is 4.46. The Bertz CT molecular complexity index is 330. The van der Waals surface area contributed by atoms with Gasteiger partial charge in [-0.25, -0.2) is 9.59 Å². The van der Waals surface area contributed by atoms with Crippen molar-refractivity contribution in [1.29, 1.82) is 0 Å². The number of nitrogens with zero attached hydrogens (tertiary/aromatic N) is 1. The Labute approximate surface area is 107 Å². The Morgan fingerprint density at radius 2 is 1.56 bits per heavy atom. The third kappa shape index (κ3) is 5.03. The molecule has 0 aliphatic carbocycles. The highest BCUT2D eigenvalue weighted by molar-refractivity contribution is 5.88. The fourth-order valence-corrected chi connectivity index (χ4v) is 1.10. The average Bonchev–Trinajstić information content (AvgIpc) is 2.25. The summed E-state index contributed by atoms with van der Waals surface area (Å²) >= 11 is 0. The molecule has 18 heavy (non-hydrogen) atoms. The first-order valence-corrected chi connectivity index (χ1v) is 5.73. The normalized spacial score (nSPS) is 13.7. The molecule has 7 nitrogen and oxygen atoms in total. The number of likely N-dealkylation sites (N-methyl/N-ethyl adjacent to an activating group) is 1. The van der Waals surface area contributed by atoms with E-state index in [9.17, 15) is 14.4 Å². The Balaban J connectivity index is 4.39. The van der Waals surface area contributed by atoms with Crippen LogP contribution in [0.4, 0.5) is 4.79 Å². The molecule has 104 valence electrons. The van der Waals surface area contributed by atoms with Crippen LogP contribution in [0.15, 0.2) is 0 Å². The number of hydrogen-bond donors (Lipinski definition) is 3. The van der Waals surface area contributed by atoms with Gasteiger partial charge in [0.05, 0.1) is 0 Å². The lowest BCUT2D eigenvalue weighted by Gasteiger charge is -2.24. The van der Waals surface area contributed by atoms with Gasteiger partial charge in [-0.15, -0.1) is 0 Å². The molecule has 0 rings (SSSR count). The van der Waals surface area contributed by atoms with E-state index in [1.54, 1.807) is 0 Å². The standard InChI is InChI=1S/C11H21N3O4/c1-6(2)12-9(15)7(3)13-11(18)14(5)8(4)10(16)17/h6-8H,1-5H3,(H,12,15)(H,13,18)(H,16,17). The summed E-state index contributed by atoms with van der Waals surface area (Å²) in [6.45, 7) is 6.55. The van der Waals surface area contributed by atoms with E-state index in [0.29, 0.717) is 0 Å². The van der Waals surface area contributed by atoms with E-state index >= 15 is 0 Å². The Hall–Kier alpha value is -1.79. The SMILES string of the molecule is CC(C)NC(=O)C(C)NC(=O)N(C)C(C)C(=O)O. The lowest BCUT2D eigenvalue weighted by molar-refractivity contribution is -0.141. The van der Waals surface area contributed by atoms with Gasteiger partial charge in [0.15, 0.2) is 0 Å². The van der Waals surface area contributed by atoms with E-state index in [1.165, 1.54) is 20.9 Å². The van der Waals surface area contributed by atoms with Gasteiger partial charge in [-0.2, -0.15) is 0 Å². The number of rotatable bonds is 5. The van der Waals surface area contributed by atoms with Gasteiger partial charge in [0, 0.05) is 13.1 Å². The van der Waals surface area contributed by atoms with Crippen molar-refractivity contribution in [3.63, 3.8) is 0 Å². The summed E-state index contributed by atoms with van der Waals surface area (Å²) in [5.41, 5.74) is 0. The summed E-state index contributed by atoms with van der Waals surface area (Å²) in [6, 6.07) is -2.29. The van der Waals surface area contributed by atoms with Crippen LogP contribution in [-0.2, 0) is 9.59 Å². The van der Waals surface area contributed by atoms with E-state index in [-0.39, 0.29) is 11.9 Å². The molecule has 2 unspecified atom stereocenters. The van der Waals surface area contributed by atoms with Crippen LogP contribution in [0.3, 0.4) is 0 Å². The number of hydrogen-bond acceptors (Lipinski definition) is 3. The zero-order valence-electron chi connectivity index (χ0n) is 11.4. The third-order valence-corrected chi connectivity index (χ3v) is 2.42. The number of nitrogens with one attached hydrogen (secondary N) is 2. The maximum absolute atomic E-state index is 11.7. The fraction of sp³-hybridized carbons (Fsp3) is 0.727. The summed E-state index contributed by atoms with van der Waals surface area (Å²) in [4.78, 5) is 35.0. The van der Waals surface area contributed by atoms with Gasteiger partial charge < -0.3 is 20.6 Å². The largest absolute Gasteiger partial charge is 0.480 e.